The Labute approximate surface area is 123 Å². The van der Waals surface area contributed by atoms with Crippen molar-refractivity contribution in [2.75, 3.05) is 6.61 Å². The fourth-order valence-electron chi connectivity index (χ4n) is 1.58. The molecule has 20 heavy (non-hydrogen) atoms. The van der Waals surface area contributed by atoms with Crippen LogP contribution in [0.4, 0.5) is 0 Å². The third kappa shape index (κ3) is 3.81. The van der Waals surface area contributed by atoms with Crippen LogP contribution in [0.3, 0.4) is 0 Å². The maximum Gasteiger partial charge on any atom is 0.329 e. The minimum atomic E-state index is 0.0391. The van der Waals surface area contributed by atoms with E-state index in [-0.39, 0.29) is 17.3 Å². The lowest BCUT2D eigenvalue weighted by atomic mass is 10.0. The Morgan fingerprint density at radius 2 is 1.70 bits per heavy atom. The molecular weight excluding hydrogens is 278 g/mol. The van der Waals surface area contributed by atoms with Gasteiger partial charge in [0.25, 0.3) is 0 Å². The lowest BCUT2D eigenvalue weighted by Crippen LogP contribution is -2.01. The Morgan fingerprint density at radius 1 is 1.05 bits per heavy atom. The first-order chi connectivity index (χ1) is 9.58. The van der Waals surface area contributed by atoms with Gasteiger partial charge in [-0.15, -0.1) is 4.98 Å². The number of rotatable bonds is 5. The van der Waals surface area contributed by atoms with Crippen LogP contribution in [0.1, 0.15) is 32.3 Å². The van der Waals surface area contributed by atoms with Gasteiger partial charge in [-0.3, -0.25) is 0 Å². The molecule has 2 rings (SSSR count). The van der Waals surface area contributed by atoms with Gasteiger partial charge < -0.3 is 9.47 Å². The molecule has 1 aromatic carbocycles. The molecule has 0 aliphatic rings. The largest absolute Gasteiger partial charge is 0.464 e. The van der Waals surface area contributed by atoms with Gasteiger partial charge >= 0.3 is 12.0 Å². The summed E-state index contributed by atoms with van der Waals surface area (Å²) >= 11 is 5.80. The van der Waals surface area contributed by atoms with Crippen molar-refractivity contribution in [2.45, 2.75) is 26.7 Å². The standard InChI is InChI=1S/C14H16ClN3O2/c1-4-19-13-16-12(15)17-14(18-13)20-11-7-5-10(6-8-11)9(2)3/h5-9H,4H2,1-3H3. The molecule has 0 aliphatic carbocycles. The van der Waals surface area contributed by atoms with Crippen molar-refractivity contribution in [1.82, 2.24) is 15.0 Å². The quantitative estimate of drug-likeness (QED) is 0.838. The van der Waals surface area contributed by atoms with Crippen molar-refractivity contribution in [3.05, 3.63) is 35.1 Å². The molecule has 1 heterocycles. The summed E-state index contributed by atoms with van der Waals surface area (Å²) in [7, 11) is 0. The van der Waals surface area contributed by atoms with Gasteiger partial charge in [-0.2, -0.15) is 9.97 Å². The van der Waals surface area contributed by atoms with E-state index in [0.29, 0.717) is 18.3 Å². The van der Waals surface area contributed by atoms with E-state index < -0.39 is 0 Å². The fourth-order valence-corrected chi connectivity index (χ4v) is 1.72. The molecule has 0 radical (unpaired) electrons. The minimum Gasteiger partial charge on any atom is -0.464 e. The fraction of sp³-hybridized carbons (Fsp3) is 0.357. The summed E-state index contributed by atoms with van der Waals surface area (Å²) in [6, 6.07) is 8.02. The Balaban J connectivity index is 2.16. The van der Waals surface area contributed by atoms with Crippen molar-refractivity contribution in [2.24, 2.45) is 0 Å². The van der Waals surface area contributed by atoms with Crippen molar-refractivity contribution < 1.29 is 9.47 Å². The number of benzene rings is 1. The number of aromatic nitrogens is 3. The molecule has 0 unspecified atom stereocenters. The highest BCUT2D eigenvalue weighted by Gasteiger charge is 2.08. The molecule has 0 atom stereocenters. The molecule has 0 amide bonds. The summed E-state index contributed by atoms with van der Waals surface area (Å²) in [5.41, 5.74) is 1.24. The summed E-state index contributed by atoms with van der Waals surface area (Å²) in [5.74, 6) is 1.11. The number of nitrogens with zero attached hydrogens (tertiary/aromatic N) is 3. The van der Waals surface area contributed by atoms with Gasteiger partial charge in [-0.05, 0) is 42.1 Å². The minimum absolute atomic E-state index is 0.0391. The number of halogens is 1. The third-order valence-electron chi connectivity index (χ3n) is 2.60. The molecule has 0 fully saturated rings. The molecule has 0 bridgehead atoms. The van der Waals surface area contributed by atoms with Crippen LogP contribution >= 0.6 is 11.6 Å². The topological polar surface area (TPSA) is 57.1 Å². The van der Waals surface area contributed by atoms with Crippen LogP contribution in [0.5, 0.6) is 17.8 Å². The maximum absolute atomic E-state index is 5.80. The van der Waals surface area contributed by atoms with E-state index in [2.05, 4.69) is 28.8 Å². The first kappa shape index (κ1) is 14.5. The van der Waals surface area contributed by atoms with E-state index in [1.165, 1.54) is 5.56 Å². The Morgan fingerprint density at radius 3 is 2.30 bits per heavy atom. The molecule has 1 aromatic heterocycles. The van der Waals surface area contributed by atoms with E-state index in [9.17, 15) is 0 Å². The molecule has 2 aromatic rings. The smallest absolute Gasteiger partial charge is 0.329 e. The van der Waals surface area contributed by atoms with E-state index >= 15 is 0 Å². The number of hydrogen-bond donors (Lipinski definition) is 0. The van der Waals surface area contributed by atoms with Gasteiger partial charge in [-0.1, -0.05) is 26.0 Å². The van der Waals surface area contributed by atoms with Gasteiger partial charge in [-0.25, -0.2) is 0 Å². The van der Waals surface area contributed by atoms with Crippen LogP contribution in [0.25, 0.3) is 0 Å². The summed E-state index contributed by atoms with van der Waals surface area (Å²) in [6.45, 7) is 6.55. The zero-order chi connectivity index (χ0) is 14.5. The van der Waals surface area contributed by atoms with Gasteiger partial charge in [0.05, 0.1) is 6.61 Å². The van der Waals surface area contributed by atoms with Crippen molar-refractivity contribution in [3.63, 3.8) is 0 Å². The second kappa shape index (κ2) is 6.52. The zero-order valence-electron chi connectivity index (χ0n) is 11.6. The first-order valence-electron chi connectivity index (χ1n) is 6.40. The molecule has 106 valence electrons. The number of ether oxygens (including phenoxy) is 2. The third-order valence-corrected chi connectivity index (χ3v) is 2.77. The maximum atomic E-state index is 5.80. The van der Waals surface area contributed by atoms with E-state index in [1.54, 1.807) is 0 Å². The summed E-state index contributed by atoms with van der Waals surface area (Å²) in [6.07, 6.45) is 0. The normalized spacial score (nSPS) is 10.7. The molecule has 0 aliphatic heterocycles. The predicted molar refractivity (Wildman–Crippen MR) is 76.6 cm³/mol. The monoisotopic (exact) mass is 293 g/mol. The molecule has 0 saturated carbocycles. The highest BCUT2D eigenvalue weighted by Crippen LogP contribution is 2.23. The van der Waals surface area contributed by atoms with Crippen molar-refractivity contribution in [1.29, 1.82) is 0 Å². The average molecular weight is 294 g/mol. The van der Waals surface area contributed by atoms with Crippen LogP contribution in [0.15, 0.2) is 24.3 Å². The highest BCUT2D eigenvalue weighted by molar-refractivity contribution is 6.28. The van der Waals surface area contributed by atoms with Crippen LogP contribution in [-0.4, -0.2) is 21.6 Å². The van der Waals surface area contributed by atoms with Crippen LogP contribution < -0.4 is 9.47 Å². The molecule has 0 spiro atoms. The van der Waals surface area contributed by atoms with Crippen LogP contribution in [0.2, 0.25) is 5.28 Å². The van der Waals surface area contributed by atoms with Gasteiger partial charge in [0.15, 0.2) is 0 Å². The van der Waals surface area contributed by atoms with E-state index in [0.717, 1.165) is 0 Å². The summed E-state index contributed by atoms with van der Waals surface area (Å²) in [4.78, 5) is 11.8. The van der Waals surface area contributed by atoms with Gasteiger partial charge in [0.1, 0.15) is 5.75 Å². The van der Waals surface area contributed by atoms with Gasteiger partial charge in [0, 0.05) is 0 Å². The molecule has 0 N–H and O–H groups in total. The molecular formula is C14H16ClN3O2. The summed E-state index contributed by atoms with van der Waals surface area (Å²) < 4.78 is 10.7. The van der Waals surface area contributed by atoms with Crippen molar-refractivity contribution >= 4 is 11.6 Å². The highest BCUT2D eigenvalue weighted by atomic mass is 35.5. The molecule has 0 saturated heterocycles. The Kier molecular flexibility index (Phi) is 4.74. The Bertz CT molecular complexity index is 573. The summed E-state index contributed by atoms with van der Waals surface area (Å²) in [5, 5.41) is 0.0391. The Hall–Kier alpha value is -1.88. The molecule has 5 nitrogen and oxygen atoms in total. The first-order valence-corrected chi connectivity index (χ1v) is 6.78. The lowest BCUT2D eigenvalue weighted by Gasteiger charge is -2.08. The molecule has 6 heteroatoms. The average Bonchev–Trinajstić information content (AvgIpc) is 2.39. The van der Waals surface area contributed by atoms with Gasteiger partial charge in [0.2, 0.25) is 5.28 Å². The predicted octanol–water partition coefficient (Wildman–Crippen LogP) is 3.84. The lowest BCUT2D eigenvalue weighted by molar-refractivity contribution is 0.303. The zero-order valence-corrected chi connectivity index (χ0v) is 12.4. The number of hydrogen-bond acceptors (Lipinski definition) is 5. The van der Waals surface area contributed by atoms with Crippen molar-refractivity contribution in [3.8, 4) is 17.8 Å². The van der Waals surface area contributed by atoms with E-state index in [1.807, 2.05) is 31.2 Å². The second-order valence-corrected chi connectivity index (χ2v) is 4.77. The SMILES string of the molecule is CCOc1nc(Cl)nc(Oc2ccc(C(C)C)cc2)n1. The van der Waals surface area contributed by atoms with Crippen LogP contribution in [0, 0.1) is 0 Å². The van der Waals surface area contributed by atoms with E-state index in [4.69, 9.17) is 21.1 Å². The van der Waals surface area contributed by atoms with Crippen LogP contribution in [-0.2, 0) is 0 Å². The second-order valence-electron chi connectivity index (χ2n) is 4.43.